The summed E-state index contributed by atoms with van der Waals surface area (Å²) in [7, 11) is 0. The fourth-order valence-electron chi connectivity index (χ4n) is 3.94. The number of hydrogen-bond acceptors (Lipinski definition) is 3. The molecule has 0 amide bonds. The number of ether oxygens (including phenoxy) is 1. The third kappa shape index (κ3) is 3.41. The maximum absolute atomic E-state index is 10.3. The molecule has 3 nitrogen and oxygen atoms in total. The van der Waals surface area contributed by atoms with E-state index in [9.17, 15) is 5.11 Å². The Bertz CT molecular complexity index is 474. The van der Waals surface area contributed by atoms with Crippen molar-refractivity contribution in [2.75, 3.05) is 13.2 Å². The number of para-hydroxylation sites is 1. The fraction of sp³-hybridized carbons (Fsp3) is 0.667. The Morgan fingerprint density at radius 3 is 2.14 bits per heavy atom. The first-order valence-electron chi connectivity index (χ1n) is 7.78. The zero-order valence-electron chi connectivity index (χ0n) is 14.2. The van der Waals surface area contributed by atoms with Crippen molar-refractivity contribution in [2.24, 2.45) is 0 Å². The van der Waals surface area contributed by atoms with Gasteiger partial charge >= 0.3 is 0 Å². The first-order chi connectivity index (χ1) is 9.63. The molecule has 1 aromatic carbocycles. The minimum atomic E-state index is -0.470. The van der Waals surface area contributed by atoms with Gasteiger partial charge in [-0.15, -0.1) is 0 Å². The summed E-state index contributed by atoms with van der Waals surface area (Å²) in [5.41, 5.74) is 2.57. The number of aliphatic hydroxyl groups is 1. The van der Waals surface area contributed by atoms with E-state index in [2.05, 4.69) is 32.6 Å². The summed E-state index contributed by atoms with van der Waals surface area (Å²) in [6.07, 6.45) is 0.688. The number of nitrogens with zero attached hydrogens (tertiary/aromatic N) is 1. The number of benzene rings is 1. The number of likely N-dealkylation sites (tertiary alicyclic amines) is 1. The monoisotopic (exact) mass is 291 g/mol. The Labute approximate surface area is 128 Å². The second-order valence-corrected chi connectivity index (χ2v) is 7.60. The Hall–Kier alpha value is -1.06. The van der Waals surface area contributed by atoms with Crippen LogP contribution < -0.4 is 4.74 Å². The average molecular weight is 291 g/mol. The second-order valence-electron chi connectivity index (χ2n) is 7.60. The first-order valence-corrected chi connectivity index (χ1v) is 7.78. The van der Waals surface area contributed by atoms with Crippen LogP contribution >= 0.6 is 0 Å². The molecular weight excluding hydrogens is 262 g/mol. The van der Waals surface area contributed by atoms with E-state index in [0.717, 1.165) is 23.3 Å². The van der Waals surface area contributed by atoms with Gasteiger partial charge in [-0.3, -0.25) is 4.90 Å². The van der Waals surface area contributed by atoms with Gasteiger partial charge in [0.25, 0.3) is 0 Å². The molecule has 1 aromatic rings. The minimum absolute atomic E-state index is 0.170. The summed E-state index contributed by atoms with van der Waals surface area (Å²) >= 11 is 0. The molecule has 2 rings (SSSR count). The molecule has 1 aliphatic rings. The van der Waals surface area contributed by atoms with Crippen LogP contribution in [0.25, 0.3) is 0 Å². The molecule has 1 saturated heterocycles. The van der Waals surface area contributed by atoms with Gasteiger partial charge in [-0.05, 0) is 59.1 Å². The van der Waals surface area contributed by atoms with Crippen LogP contribution in [0.15, 0.2) is 18.2 Å². The van der Waals surface area contributed by atoms with E-state index >= 15 is 0 Å². The third-order valence-corrected chi connectivity index (χ3v) is 4.55. The molecule has 0 saturated carbocycles. The standard InChI is InChI=1S/C18H29NO2/c1-13-8-7-9-14(2)16(13)21-11-15(20)10-19-17(3,4)12-18(19,5)6/h7-9,15,20H,10-12H2,1-6H3. The predicted molar refractivity (Wildman–Crippen MR) is 86.9 cm³/mol. The van der Waals surface area contributed by atoms with Crippen LogP contribution in [0.4, 0.5) is 0 Å². The lowest BCUT2D eigenvalue weighted by Gasteiger charge is -2.61. The Balaban J connectivity index is 1.92. The average Bonchev–Trinajstić information content (AvgIpc) is 2.34. The van der Waals surface area contributed by atoms with E-state index in [1.807, 2.05) is 32.0 Å². The van der Waals surface area contributed by atoms with E-state index in [1.54, 1.807) is 0 Å². The van der Waals surface area contributed by atoms with Crippen molar-refractivity contribution in [3.8, 4) is 5.75 Å². The van der Waals surface area contributed by atoms with Crippen molar-refractivity contribution in [3.63, 3.8) is 0 Å². The van der Waals surface area contributed by atoms with Crippen molar-refractivity contribution < 1.29 is 9.84 Å². The Morgan fingerprint density at radius 1 is 1.14 bits per heavy atom. The van der Waals surface area contributed by atoms with E-state index in [4.69, 9.17) is 4.74 Å². The number of rotatable bonds is 5. The van der Waals surface area contributed by atoms with E-state index in [-0.39, 0.29) is 11.1 Å². The smallest absolute Gasteiger partial charge is 0.125 e. The van der Waals surface area contributed by atoms with E-state index in [1.165, 1.54) is 0 Å². The topological polar surface area (TPSA) is 32.7 Å². The van der Waals surface area contributed by atoms with Crippen molar-refractivity contribution in [3.05, 3.63) is 29.3 Å². The fourth-order valence-corrected chi connectivity index (χ4v) is 3.94. The highest BCUT2D eigenvalue weighted by molar-refractivity contribution is 5.39. The molecule has 0 aliphatic carbocycles. The summed E-state index contributed by atoms with van der Waals surface area (Å²) in [5.74, 6) is 0.902. The quantitative estimate of drug-likeness (QED) is 0.903. The van der Waals surface area contributed by atoms with Crippen LogP contribution in [0, 0.1) is 13.8 Å². The van der Waals surface area contributed by atoms with Gasteiger partial charge in [0, 0.05) is 17.6 Å². The Morgan fingerprint density at radius 2 is 1.67 bits per heavy atom. The lowest BCUT2D eigenvalue weighted by molar-refractivity contribution is -0.127. The maximum Gasteiger partial charge on any atom is 0.125 e. The number of β-amino-alcohol motifs (C(OH)–C–C–N with tert-alkyl or cyclic N) is 1. The predicted octanol–water partition coefficient (Wildman–Crippen LogP) is 3.31. The summed E-state index contributed by atoms with van der Waals surface area (Å²) in [4.78, 5) is 2.37. The van der Waals surface area contributed by atoms with Gasteiger partial charge in [-0.1, -0.05) is 18.2 Å². The molecule has 1 unspecified atom stereocenters. The molecule has 3 heteroatoms. The van der Waals surface area contributed by atoms with Crippen LogP contribution in [-0.4, -0.2) is 40.3 Å². The molecule has 0 spiro atoms. The zero-order chi connectivity index (χ0) is 15.8. The van der Waals surface area contributed by atoms with E-state index < -0.39 is 6.10 Å². The SMILES string of the molecule is Cc1cccc(C)c1OCC(O)CN1C(C)(C)CC1(C)C. The highest BCUT2D eigenvalue weighted by Crippen LogP contribution is 2.44. The highest BCUT2D eigenvalue weighted by Gasteiger charge is 2.50. The van der Waals surface area contributed by atoms with Crippen LogP contribution in [0.5, 0.6) is 5.75 Å². The first kappa shape index (κ1) is 16.3. The largest absolute Gasteiger partial charge is 0.490 e. The minimum Gasteiger partial charge on any atom is -0.490 e. The van der Waals surface area contributed by atoms with E-state index in [0.29, 0.717) is 13.2 Å². The number of hydrogen-bond donors (Lipinski definition) is 1. The van der Waals surface area contributed by atoms with Gasteiger partial charge in [0.15, 0.2) is 0 Å². The Kier molecular flexibility index (Phi) is 4.36. The van der Waals surface area contributed by atoms with Gasteiger partial charge in [-0.25, -0.2) is 0 Å². The molecule has 1 atom stereocenters. The molecule has 0 aromatic heterocycles. The van der Waals surface area contributed by atoms with Crippen molar-refractivity contribution >= 4 is 0 Å². The second kappa shape index (κ2) is 5.62. The summed E-state index contributed by atoms with van der Waals surface area (Å²) in [6, 6.07) is 6.10. The van der Waals surface area contributed by atoms with Gasteiger partial charge in [0.2, 0.25) is 0 Å². The third-order valence-electron chi connectivity index (χ3n) is 4.55. The van der Waals surface area contributed by atoms with Gasteiger partial charge in [0.05, 0.1) is 0 Å². The summed E-state index contributed by atoms with van der Waals surface area (Å²) < 4.78 is 5.86. The molecule has 1 fully saturated rings. The molecule has 118 valence electrons. The lowest BCUT2D eigenvalue weighted by atomic mass is 9.72. The summed E-state index contributed by atoms with van der Waals surface area (Å²) in [5, 5.41) is 10.3. The van der Waals surface area contributed by atoms with Crippen molar-refractivity contribution in [1.29, 1.82) is 0 Å². The van der Waals surface area contributed by atoms with Gasteiger partial charge < -0.3 is 9.84 Å². The summed E-state index contributed by atoms with van der Waals surface area (Å²) in [6.45, 7) is 14.0. The lowest BCUT2D eigenvalue weighted by Crippen LogP contribution is -2.70. The normalized spacial score (nSPS) is 21.7. The highest BCUT2D eigenvalue weighted by atomic mass is 16.5. The maximum atomic E-state index is 10.3. The molecule has 1 heterocycles. The molecular formula is C18H29NO2. The van der Waals surface area contributed by atoms with Crippen LogP contribution in [0.1, 0.15) is 45.2 Å². The number of aryl methyl sites for hydroxylation is 2. The van der Waals surface area contributed by atoms with Crippen molar-refractivity contribution in [1.82, 2.24) is 4.90 Å². The molecule has 1 aliphatic heterocycles. The van der Waals surface area contributed by atoms with Gasteiger partial charge in [-0.2, -0.15) is 0 Å². The van der Waals surface area contributed by atoms with Crippen LogP contribution in [-0.2, 0) is 0 Å². The van der Waals surface area contributed by atoms with Crippen LogP contribution in [0.2, 0.25) is 0 Å². The molecule has 1 N–H and O–H groups in total. The number of aliphatic hydroxyl groups excluding tert-OH is 1. The molecule has 21 heavy (non-hydrogen) atoms. The molecule has 0 radical (unpaired) electrons. The van der Waals surface area contributed by atoms with Crippen molar-refractivity contribution in [2.45, 2.75) is 65.1 Å². The van der Waals surface area contributed by atoms with Gasteiger partial charge in [0.1, 0.15) is 18.5 Å². The zero-order valence-corrected chi connectivity index (χ0v) is 14.2. The van der Waals surface area contributed by atoms with Crippen LogP contribution in [0.3, 0.4) is 0 Å². The molecule has 0 bridgehead atoms.